The van der Waals surface area contributed by atoms with Crippen LogP contribution in [0.2, 0.25) is 0 Å². The molecule has 0 bridgehead atoms. The Kier molecular flexibility index (Phi) is 3.29. The molecule has 0 saturated heterocycles. The molecular weight excluding hydrogens is 257 g/mol. The zero-order chi connectivity index (χ0) is 13.3. The van der Waals surface area contributed by atoms with Crippen LogP contribution < -0.4 is 4.87 Å². The maximum Gasteiger partial charge on any atom is 0.323 e. The van der Waals surface area contributed by atoms with Crippen LogP contribution in [0, 0.1) is 12.7 Å². The average Bonchev–Trinajstić information content (AvgIpc) is 2.64. The van der Waals surface area contributed by atoms with Gasteiger partial charge in [0.2, 0.25) is 0 Å². The molecule has 1 heterocycles. The van der Waals surface area contributed by atoms with Crippen molar-refractivity contribution in [1.82, 2.24) is 4.57 Å². The summed E-state index contributed by atoms with van der Waals surface area (Å²) in [5, 5.41) is 10.3. The number of carboxylic acid groups (broad SMARTS) is 1. The summed E-state index contributed by atoms with van der Waals surface area (Å²) >= 11 is 0.900. The number of nitrogens with zero attached hydrogens (tertiary/aromatic N) is 1. The van der Waals surface area contributed by atoms with Gasteiger partial charge in [-0.1, -0.05) is 23.5 Å². The minimum atomic E-state index is -1.11. The Labute approximate surface area is 106 Å². The Morgan fingerprint density at radius 3 is 2.83 bits per heavy atom. The quantitative estimate of drug-likeness (QED) is 0.926. The largest absolute Gasteiger partial charge is 0.480 e. The molecule has 2 aromatic rings. The standard InChI is InChI=1S/C12H10FNO3S/c1-7-2-3-8(4-9(7)13)10-6-18-12(17)14(10)5-11(15)16/h2-4,6H,5H2,1H3,(H,15,16). The first kappa shape index (κ1) is 12.5. The molecule has 94 valence electrons. The normalized spacial score (nSPS) is 10.6. The van der Waals surface area contributed by atoms with Gasteiger partial charge >= 0.3 is 10.8 Å². The van der Waals surface area contributed by atoms with E-state index in [1.165, 1.54) is 11.4 Å². The van der Waals surface area contributed by atoms with Crippen LogP contribution in [-0.4, -0.2) is 15.6 Å². The number of aromatic nitrogens is 1. The number of halogens is 1. The maximum atomic E-state index is 13.5. The minimum Gasteiger partial charge on any atom is -0.480 e. The number of aliphatic carboxylic acids is 1. The van der Waals surface area contributed by atoms with Gasteiger partial charge in [-0.2, -0.15) is 0 Å². The SMILES string of the molecule is Cc1ccc(-c2csc(=O)n2CC(=O)O)cc1F. The van der Waals surface area contributed by atoms with Gasteiger partial charge in [-0.05, 0) is 18.6 Å². The van der Waals surface area contributed by atoms with Crippen LogP contribution in [0.15, 0.2) is 28.4 Å². The Hall–Kier alpha value is -1.95. The average molecular weight is 267 g/mol. The lowest BCUT2D eigenvalue weighted by molar-refractivity contribution is -0.137. The van der Waals surface area contributed by atoms with Crippen molar-refractivity contribution in [3.05, 3.63) is 44.6 Å². The second-order valence-corrected chi connectivity index (χ2v) is 4.65. The van der Waals surface area contributed by atoms with E-state index >= 15 is 0 Å². The Morgan fingerprint density at radius 1 is 1.50 bits per heavy atom. The molecule has 1 N–H and O–H groups in total. The molecule has 1 aromatic heterocycles. The van der Waals surface area contributed by atoms with Crippen LogP contribution in [0.4, 0.5) is 4.39 Å². The summed E-state index contributed by atoms with van der Waals surface area (Å²) in [5.74, 6) is -1.49. The van der Waals surface area contributed by atoms with Gasteiger partial charge in [0.1, 0.15) is 12.4 Å². The lowest BCUT2D eigenvalue weighted by Gasteiger charge is -2.06. The number of hydrogen-bond acceptors (Lipinski definition) is 3. The van der Waals surface area contributed by atoms with Crippen molar-refractivity contribution in [3.63, 3.8) is 0 Å². The molecule has 0 unspecified atom stereocenters. The highest BCUT2D eigenvalue weighted by atomic mass is 32.1. The van der Waals surface area contributed by atoms with Crippen LogP contribution in [0.5, 0.6) is 0 Å². The van der Waals surface area contributed by atoms with Gasteiger partial charge in [0.15, 0.2) is 0 Å². The summed E-state index contributed by atoms with van der Waals surface area (Å²) in [7, 11) is 0. The van der Waals surface area contributed by atoms with Gasteiger partial charge in [0.05, 0.1) is 5.69 Å². The van der Waals surface area contributed by atoms with Crippen LogP contribution >= 0.6 is 11.3 Å². The van der Waals surface area contributed by atoms with Crippen LogP contribution in [0.1, 0.15) is 5.56 Å². The van der Waals surface area contributed by atoms with Gasteiger partial charge in [-0.3, -0.25) is 14.2 Å². The highest BCUT2D eigenvalue weighted by Crippen LogP contribution is 2.22. The number of thiazole rings is 1. The fourth-order valence-corrected chi connectivity index (χ4v) is 2.36. The molecule has 1 aromatic carbocycles. The number of aryl methyl sites for hydroxylation is 1. The topological polar surface area (TPSA) is 59.3 Å². The van der Waals surface area contributed by atoms with Gasteiger partial charge in [-0.15, -0.1) is 0 Å². The summed E-state index contributed by atoms with van der Waals surface area (Å²) in [6.07, 6.45) is 0. The van der Waals surface area contributed by atoms with E-state index in [2.05, 4.69) is 0 Å². The molecule has 0 radical (unpaired) electrons. The fourth-order valence-electron chi connectivity index (χ4n) is 1.59. The summed E-state index contributed by atoms with van der Waals surface area (Å²) in [6, 6.07) is 4.56. The maximum absolute atomic E-state index is 13.5. The number of benzene rings is 1. The van der Waals surface area contributed by atoms with Crippen molar-refractivity contribution in [2.75, 3.05) is 0 Å². The lowest BCUT2D eigenvalue weighted by atomic mass is 10.1. The van der Waals surface area contributed by atoms with Crippen LogP contribution in [-0.2, 0) is 11.3 Å². The van der Waals surface area contributed by atoms with Crippen molar-refractivity contribution in [3.8, 4) is 11.3 Å². The Bertz CT molecular complexity index is 660. The van der Waals surface area contributed by atoms with Gasteiger partial charge < -0.3 is 5.11 Å². The number of carbonyl (C=O) groups is 1. The van der Waals surface area contributed by atoms with Crippen molar-refractivity contribution >= 4 is 17.3 Å². The molecule has 0 aliphatic heterocycles. The molecule has 0 aliphatic carbocycles. The predicted octanol–water partition coefficient (Wildman–Crippen LogP) is 2.11. The van der Waals surface area contributed by atoms with E-state index in [4.69, 9.17) is 5.11 Å². The van der Waals surface area contributed by atoms with Crippen LogP contribution in [0.25, 0.3) is 11.3 Å². The van der Waals surface area contributed by atoms with Gasteiger partial charge in [0, 0.05) is 10.9 Å². The van der Waals surface area contributed by atoms with Crippen molar-refractivity contribution in [2.45, 2.75) is 13.5 Å². The van der Waals surface area contributed by atoms with Gasteiger partial charge in [-0.25, -0.2) is 4.39 Å². The highest BCUT2D eigenvalue weighted by Gasteiger charge is 2.12. The molecule has 4 nitrogen and oxygen atoms in total. The molecular formula is C12H10FNO3S. The molecule has 18 heavy (non-hydrogen) atoms. The third-order valence-electron chi connectivity index (χ3n) is 2.54. The first-order valence-electron chi connectivity index (χ1n) is 5.15. The highest BCUT2D eigenvalue weighted by molar-refractivity contribution is 7.07. The monoisotopic (exact) mass is 267 g/mol. The molecule has 6 heteroatoms. The van der Waals surface area contributed by atoms with E-state index in [0.29, 0.717) is 16.8 Å². The summed E-state index contributed by atoms with van der Waals surface area (Å²) in [5.41, 5.74) is 1.42. The fraction of sp³-hybridized carbons (Fsp3) is 0.167. The first-order chi connectivity index (χ1) is 8.49. The van der Waals surface area contributed by atoms with E-state index in [9.17, 15) is 14.0 Å². The zero-order valence-corrected chi connectivity index (χ0v) is 10.3. The minimum absolute atomic E-state index is 0.367. The van der Waals surface area contributed by atoms with Gasteiger partial charge in [0.25, 0.3) is 0 Å². The second kappa shape index (κ2) is 4.73. The molecule has 0 fully saturated rings. The van der Waals surface area contributed by atoms with E-state index < -0.39 is 12.5 Å². The van der Waals surface area contributed by atoms with E-state index in [-0.39, 0.29) is 10.7 Å². The van der Waals surface area contributed by atoms with Crippen LogP contribution in [0.3, 0.4) is 0 Å². The number of hydrogen-bond donors (Lipinski definition) is 1. The van der Waals surface area contributed by atoms with Crippen molar-refractivity contribution < 1.29 is 14.3 Å². The predicted molar refractivity (Wildman–Crippen MR) is 66.3 cm³/mol. The molecule has 0 amide bonds. The zero-order valence-electron chi connectivity index (χ0n) is 9.51. The summed E-state index contributed by atoms with van der Waals surface area (Å²) < 4.78 is 14.6. The Morgan fingerprint density at radius 2 is 2.22 bits per heavy atom. The third kappa shape index (κ3) is 2.33. The molecule has 0 atom stereocenters. The lowest BCUT2D eigenvalue weighted by Crippen LogP contribution is -2.19. The Balaban J connectivity index is 2.53. The van der Waals surface area contributed by atoms with Crippen molar-refractivity contribution in [2.24, 2.45) is 0 Å². The third-order valence-corrected chi connectivity index (χ3v) is 3.31. The first-order valence-corrected chi connectivity index (χ1v) is 6.03. The molecule has 0 spiro atoms. The molecule has 2 rings (SSSR count). The number of rotatable bonds is 3. The summed E-state index contributed by atoms with van der Waals surface area (Å²) in [4.78, 5) is 21.9. The smallest absolute Gasteiger partial charge is 0.323 e. The molecule has 0 aliphatic rings. The number of carboxylic acids is 1. The second-order valence-electron chi connectivity index (χ2n) is 3.83. The van der Waals surface area contributed by atoms with Crippen molar-refractivity contribution in [1.29, 1.82) is 0 Å². The van der Waals surface area contributed by atoms with E-state index in [1.54, 1.807) is 19.1 Å². The molecule has 0 saturated carbocycles. The van der Waals surface area contributed by atoms with E-state index in [1.807, 2.05) is 0 Å². The van der Waals surface area contributed by atoms with E-state index in [0.717, 1.165) is 15.9 Å². The summed E-state index contributed by atoms with van der Waals surface area (Å²) in [6.45, 7) is 1.21.